The van der Waals surface area contributed by atoms with Crippen LogP contribution >= 0.6 is 0 Å². The van der Waals surface area contributed by atoms with Crippen molar-refractivity contribution < 1.29 is 0 Å². The molecule has 1 aromatic rings. The molecule has 0 fully saturated rings. The van der Waals surface area contributed by atoms with E-state index in [-0.39, 0.29) is 0 Å². The molecule has 1 aromatic heterocycles. The smallest absolute Gasteiger partial charge is 0.0537 e. The van der Waals surface area contributed by atoms with Crippen molar-refractivity contribution in [1.29, 1.82) is 0 Å². The number of nitrogens with zero attached hydrogens (tertiary/aromatic N) is 2. The average molecular weight is 223 g/mol. The topological polar surface area (TPSA) is 29.9 Å². The van der Waals surface area contributed by atoms with Gasteiger partial charge in [0.15, 0.2) is 0 Å². The second kappa shape index (κ2) is 6.69. The summed E-state index contributed by atoms with van der Waals surface area (Å²) in [6, 6.07) is 0. The Kier molecular flexibility index (Phi) is 5.53. The summed E-state index contributed by atoms with van der Waals surface area (Å²) in [6.07, 6.45) is 4.45. The maximum Gasteiger partial charge on any atom is 0.0537 e. The lowest BCUT2D eigenvalue weighted by molar-refractivity contribution is 0.532. The fraction of sp³-hybridized carbons (Fsp3) is 0.769. The van der Waals surface area contributed by atoms with Crippen molar-refractivity contribution in [3.8, 4) is 0 Å². The van der Waals surface area contributed by atoms with Crippen LogP contribution in [0.15, 0.2) is 6.20 Å². The summed E-state index contributed by atoms with van der Waals surface area (Å²) in [5.41, 5.74) is 2.75. The van der Waals surface area contributed by atoms with Gasteiger partial charge in [0.2, 0.25) is 0 Å². The van der Waals surface area contributed by atoms with Gasteiger partial charge in [-0.15, -0.1) is 0 Å². The van der Waals surface area contributed by atoms with E-state index in [4.69, 9.17) is 0 Å². The van der Waals surface area contributed by atoms with Gasteiger partial charge in [0, 0.05) is 24.3 Å². The van der Waals surface area contributed by atoms with Crippen molar-refractivity contribution in [3.05, 3.63) is 17.5 Å². The quantitative estimate of drug-likeness (QED) is 0.770. The van der Waals surface area contributed by atoms with E-state index in [1.165, 1.54) is 24.1 Å². The van der Waals surface area contributed by atoms with Gasteiger partial charge >= 0.3 is 0 Å². The van der Waals surface area contributed by atoms with Crippen LogP contribution in [-0.2, 0) is 13.1 Å². The van der Waals surface area contributed by atoms with E-state index in [2.05, 4.69) is 42.8 Å². The highest BCUT2D eigenvalue weighted by atomic mass is 15.3. The molecule has 0 atom stereocenters. The van der Waals surface area contributed by atoms with E-state index >= 15 is 0 Å². The lowest BCUT2D eigenvalue weighted by atomic mass is 10.1. The number of rotatable bonds is 7. The van der Waals surface area contributed by atoms with E-state index in [0.717, 1.165) is 19.6 Å². The molecule has 0 aliphatic carbocycles. The zero-order valence-electron chi connectivity index (χ0n) is 11.1. The predicted molar refractivity (Wildman–Crippen MR) is 68.6 cm³/mol. The number of aryl methyl sites for hydroxylation is 1. The minimum absolute atomic E-state index is 0.549. The molecule has 0 aromatic carbocycles. The second-order valence-electron chi connectivity index (χ2n) is 4.57. The Morgan fingerprint density at radius 2 is 2.12 bits per heavy atom. The Labute approximate surface area is 99.2 Å². The van der Waals surface area contributed by atoms with Gasteiger partial charge < -0.3 is 5.32 Å². The highest BCUT2D eigenvalue weighted by molar-refractivity contribution is 5.20. The number of unbranched alkanes of at least 4 members (excludes halogenated alkanes) is 1. The highest BCUT2D eigenvalue weighted by Gasteiger charge is 2.13. The first-order chi connectivity index (χ1) is 7.70. The summed E-state index contributed by atoms with van der Waals surface area (Å²) in [5.74, 6) is 0.549. The first-order valence-corrected chi connectivity index (χ1v) is 6.45. The van der Waals surface area contributed by atoms with Crippen LogP contribution < -0.4 is 5.32 Å². The summed E-state index contributed by atoms with van der Waals surface area (Å²) in [4.78, 5) is 0. The predicted octanol–water partition coefficient (Wildman–Crippen LogP) is 2.92. The zero-order valence-corrected chi connectivity index (χ0v) is 11.1. The van der Waals surface area contributed by atoms with Gasteiger partial charge in [0.1, 0.15) is 0 Å². The molecule has 92 valence electrons. The fourth-order valence-corrected chi connectivity index (χ4v) is 1.98. The third-order valence-electron chi connectivity index (χ3n) is 2.80. The van der Waals surface area contributed by atoms with Crippen LogP contribution in [0.5, 0.6) is 0 Å². The van der Waals surface area contributed by atoms with Gasteiger partial charge in [-0.3, -0.25) is 4.68 Å². The lowest BCUT2D eigenvalue weighted by Gasteiger charge is -2.12. The number of hydrogen-bond acceptors (Lipinski definition) is 2. The Balaban J connectivity index is 2.79. The fourth-order valence-electron chi connectivity index (χ4n) is 1.98. The van der Waals surface area contributed by atoms with Crippen LogP contribution in [0, 0.1) is 0 Å². The van der Waals surface area contributed by atoms with Crippen molar-refractivity contribution in [2.45, 2.75) is 59.5 Å². The molecule has 1 N–H and O–H groups in total. The number of aromatic nitrogens is 2. The molecule has 16 heavy (non-hydrogen) atoms. The molecule has 0 aliphatic rings. The molecule has 0 radical (unpaired) electrons. The molecular formula is C13H25N3. The van der Waals surface area contributed by atoms with Crippen molar-refractivity contribution in [2.24, 2.45) is 0 Å². The SMILES string of the molecule is CCCCn1ncc(CNCC)c1C(C)C. The van der Waals surface area contributed by atoms with E-state index in [1.54, 1.807) is 0 Å². The summed E-state index contributed by atoms with van der Waals surface area (Å²) in [5, 5.41) is 7.88. The van der Waals surface area contributed by atoms with Crippen LogP contribution in [0.1, 0.15) is 57.7 Å². The third-order valence-corrected chi connectivity index (χ3v) is 2.80. The molecule has 3 nitrogen and oxygen atoms in total. The first kappa shape index (κ1) is 13.2. The largest absolute Gasteiger partial charge is 0.313 e. The standard InChI is InChI=1S/C13H25N3/c1-5-7-8-16-13(11(3)4)12(10-15-16)9-14-6-2/h10-11,14H,5-9H2,1-4H3. The first-order valence-electron chi connectivity index (χ1n) is 6.45. The third kappa shape index (κ3) is 3.34. The van der Waals surface area contributed by atoms with E-state index < -0.39 is 0 Å². The molecule has 0 bridgehead atoms. The van der Waals surface area contributed by atoms with Crippen LogP contribution in [-0.4, -0.2) is 16.3 Å². The van der Waals surface area contributed by atoms with Crippen molar-refractivity contribution in [2.75, 3.05) is 6.54 Å². The van der Waals surface area contributed by atoms with E-state index in [1.807, 2.05) is 6.20 Å². The van der Waals surface area contributed by atoms with Crippen LogP contribution in [0.3, 0.4) is 0 Å². The molecule has 1 heterocycles. The van der Waals surface area contributed by atoms with E-state index in [0.29, 0.717) is 5.92 Å². The Bertz CT molecular complexity index is 277. The summed E-state index contributed by atoms with van der Waals surface area (Å²) in [7, 11) is 0. The van der Waals surface area contributed by atoms with Gasteiger partial charge in [-0.05, 0) is 18.9 Å². The van der Waals surface area contributed by atoms with Crippen molar-refractivity contribution >= 4 is 0 Å². The molecule has 0 aliphatic heterocycles. The zero-order chi connectivity index (χ0) is 12.0. The van der Waals surface area contributed by atoms with Gasteiger partial charge in [-0.2, -0.15) is 5.10 Å². The molecule has 0 amide bonds. The van der Waals surface area contributed by atoms with Crippen molar-refractivity contribution in [1.82, 2.24) is 15.1 Å². The van der Waals surface area contributed by atoms with Crippen LogP contribution in [0.2, 0.25) is 0 Å². The van der Waals surface area contributed by atoms with E-state index in [9.17, 15) is 0 Å². The highest BCUT2D eigenvalue weighted by Crippen LogP contribution is 2.19. The Hall–Kier alpha value is -0.830. The maximum absolute atomic E-state index is 4.50. The number of nitrogens with one attached hydrogen (secondary N) is 1. The molecular weight excluding hydrogens is 198 g/mol. The minimum atomic E-state index is 0.549. The normalized spacial score (nSPS) is 11.3. The molecule has 3 heteroatoms. The second-order valence-corrected chi connectivity index (χ2v) is 4.57. The molecule has 0 spiro atoms. The van der Waals surface area contributed by atoms with Gasteiger partial charge in [0.05, 0.1) is 6.20 Å². The molecule has 0 unspecified atom stereocenters. The number of hydrogen-bond donors (Lipinski definition) is 1. The molecule has 0 saturated heterocycles. The van der Waals surface area contributed by atoms with Crippen molar-refractivity contribution in [3.63, 3.8) is 0 Å². The summed E-state index contributed by atoms with van der Waals surface area (Å²) < 4.78 is 2.18. The maximum atomic E-state index is 4.50. The minimum Gasteiger partial charge on any atom is -0.313 e. The molecule has 0 saturated carbocycles. The van der Waals surface area contributed by atoms with Gasteiger partial charge in [-0.1, -0.05) is 34.1 Å². The monoisotopic (exact) mass is 223 g/mol. The molecule has 1 rings (SSSR count). The summed E-state index contributed by atoms with van der Waals surface area (Å²) >= 11 is 0. The average Bonchev–Trinajstić information content (AvgIpc) is 2.66. The Morgan fingerprint density at radius 3 is 2.69 bits per heavy atom. The van der Waals surface area contributed by atoms with Crippen LogP contribution in [0.4, 0.5) is 0 Å². The van der Waals surface area contributed by atoms with Gasteiger partial charge in [0.25, 0.3) is 0 Å². The lowest BCUT2D eigenvalue weighted by Crippen LogP contribution is -2.14. The van der Waals surface area contributed by atoms with Gasteiger partial charge in [-0.25, -0.2) is 0 Å². The van der Waals surface area contributed by atoms with Crippen LogP contribution in [0.25, 0.3) is 0 Å². The summed E-state index contributed by atoms with van der Waals surface area (Å²) in [6.45, 7) is 11.8. The Morgan fingerprint density at radius 1 is 1.38 bits per heavy atom.